The van der Waals surface area contributed by atoms with Crippen LogP contribution in [0.15, 0.2) is 24.3 Å². The Morgan fingerprint density at radius 1 is 1.39 bits per heavy atom. The molecule has 2 N–H and O–H groups in total. The Kier molecular flexibility index (Phi) is 4.99. The topological polar surface area (TPSA) is 47.7 Å². The molecule has 2 rings (SSSR count). The molecule has 1 saturated heterocycles. The van der Waals surface area contributed by atoms with Gasteiger partial charge in [0.25, 0.3) is 0 Å². The highest BCUT2D eigenvalue weighted by Gasteiger charge is 2.15. The van der Waals surface area contributed by atoms with Crippen LogP contribution in [-0.4, -0.2) is 43.9 Å². The van der Waals surface area contributed by atoms with Crippen molar-refractivity contribution >= 4 is 0 Å². The Balaban J connectivity index is 1.70. The maximum Gasteiger partial charge on any atom is 0.119 e. The number of hydrogen-bond donors (Lipinski definition) is 1. The van der Waals surface area contributed by atoms with Crippen molar-refractivity contribution in [2.45, 2.75) is 19.6 Å². The predicted molar refractivity (Wildman–Crippen MR) is 71.7 cm³/mol. The predicted octanol–water partition coefficient (Wildman–Crippen LogP) is 1.24. The molecule has 1 heterocycles. The minimum atomic E-state index is 0.336. The SMILES string of the molecule is CC1CN(CCOc2ccc(CN)cc2)CCO1. The zero-order valence-electron chi connectivity index (χ0n) is 11.0. The lowest BCUT2D eigenvalue weighted by atomic mass is 10.2. The van der Waals surface area contributed by atoms with Crippen LogP contribution in [0.4, 0.5) is 0 Å². The molecule has 1 aromatic rings. The van der Waals surface area contributed by atoms with E-state index in [1.54, 1.807) is 0 Å². The van der Waals surface area contributed by atoms with Gasteiger partial charge in [0.1, 0.15) is 12.4 Å². The molecule has 0 aliphatic carbocycles. The van der Waals surface area contributed by atoms with Crippen molar-refractivity contribution in [1.82, 2.24) is 4.90 Å². The van der Waals surface area contributed by atoms with Gasteiger partial charge in [-0.25, -0.2) is 0 Å². The van der Waals surface area contributed by atoms with E-state index in [4.69, 9.17) is 15.2 Å². The molecule has 0 bridgehead atoms. The molecule has 100 valence electrons. The molecule has 0 spiro atoms. The summed E-state index contributed by atoms with van der Waals surface area (Å²) in [6.45, 7) is 7.17. The molecule has 1 fully saturated rings. The van der Waals surface area contributed by atoms with Gasteiger partial charge in [0.15, 0.2) is 0 Å². The van der Waals surface area contributed by atoms with Crippen LogP contribution < -0.4 is 10.5 Å². The Bertz CT molecular complexity index is 353. The van der Waals surface area contributed by atoms with Gasteiger partial charge < -0.3 is 15.2 Å². The third-order valence-corrected chi connectivity index (χ3v) is 3.16. The van der Waals surface area contributed by atoms with E-state index < -0.39 is 0 Å². The third-order valence-electron chi connectivity index (χ3n) is 3.16. The van der Waals surface area contributed by atoms with Crippen LogP contribution in [0.25, 0.3) is 0 Å². The Hall–Kier alpha value is -1.10. The van der Waals surface area contributed by atoms with Crippen LogP contribution in [0.2, 0.25) is 0 Å². The van der Waals surface area contributed by atoms with Gasteiger partial charge in [0.2, 0.25) is 0 Å². The molecule has 0 amide bonds. The van der Waals surface area contributed by atoms with Gasteiger partial charge >= 0.3 is 0 Å². The first-order valence-corrected chi connectivity index (χ1v) is 6.53. The lowest BCUT2D eigenvalue weighted by Crippen LogP contribution is -2.42. The number of nitrogens with zero attached hydrogens (tertiary/aromatic N) is 1. The monoisotopic (exact) mass is 250 g/mol. The maximum atomic E-state index is 5.72. The molecule has 0 saturated carbocycles. The van der Waals surface area contributed by atoms with Crippen LogP contribution >= 0.6 is 0 Å². The summed E-state index contributed by atoms with van der Waals surface area (Å²) in [5.41, 5.74) is 6.68. The Morgan fingerprint density at radius 3 is 2.83 bits per heavy atom. The first-order chi connectivity index (χ1) is 8.78. The van der Waals surface area contributed by atoms with Crippen molar-refractivity contribution < 1.29 is 9.47 Å². The van der Waals surface area contributed by atoms with Crippen LogP contribution in [0.3, 0.4) is 0 Å². The molecule has 1 atom stereocenters. The molecule has 1 aliphatic heterocycles. The van der Waals surface area contributed by atoms with Crippen molar-refractivity contribution in [2.75, 3.05) is 32.8 Å². The lowest BCUT2D eigenvalue weighted by Gasteiger charge is -2.30. The smallest absolute Gasteiger partial charge is 0.119 e. The second-order valence-corrected chi connectivity index (χ2v) is 4.68. The molecule has 4 heteroatoms. The second kappa shape index (κ2) is 6.73. The maximum absolute atomic E-state index is 5.72. The molecule has 18 heavy (non-hydrogen) atoms. The van der Waals surface area contributed by atoms with Gasteiger partial charge in [-0.05, 0) is 24.6 Å². The average Bonchev–Trinajstić information content (AvgIpc) is 2.40. The molecular weight excluding hydrogens is 228 g/mol. The van der Waals surface area contributed by atoms with Crippen molar-refractivity contribution in [3.63, 3.8) is 0 Å². The van der Waals surface area contributed by atoms with Gasteiger partial charge in [-0.15, -0.1) is 0 Å². The Labute approximate surface area is 109 Å². The quantitative estimate of drug-likeness (QED) is 0.854. The zero-order valence-corrected chi connectivity index (χ0v) is 11.0. The minimum Gasteiger partial charge on any atom is -0.492 e. The molecule has 1 unspecified atom stereocenters. The number of nitrogens with two attached hydrogens (primary N) is 1. The molecule has 0 aromatic heterocycles. The highest BCUT2D eigenvalue weighted by atomic mass is 16.5. The van der Waals surface area contributed by atoms with Crippen molar-refractivity contribution in [2.24, 2.45) is 5.73 Å². The van der Waals surface area contributed by atoms with Crippen LogP contribution in [0.1, 0.15) is 12.5 Å². The number of ether oxygens (including phenoxy) is 2. The van der Waals surface area contributed by atoms with Gasteiger partial charge in [-0.2, -0.15) is 0 Å². The molecule has 4 nitrogen and oxygen atoms in total. The van der Waals surface area contributed by atoms with E-state index in [1.165, 1.54) is 0 Å². The van der Waals surface area contributed by atoms with Gasteiger partial charge in [-0.3, -0.25) is 4.90 Å². The molecule has 1 aliphatic rings. The molecular formula is C14H22N2O2. The lowest BCUT2D eigenvalue weighted by molar-refractivity contribution is -0.0214. The minimum absolute atomic E-state index is 0.336. The van der Waals surface area contributed by atoms with Crippen LogP contribution in [0, 0.1) is 0 Å². The largest absolute Gasteiger partial charge is 0.492 e. The second-order valence-electron chi connectivity index (χ2n) is 4.68. The average molecular weight is 250 g/mol. The van der Waals surface area contributed by atoms with Gasteiger partial charge in [0.05, 0.1) is 12.7 Å². The van der Waals surface area contributed by atoms with Crippen LogP contribution in [0.5, 0.6) is 5.75 Å². The van der Waals surface area contributed by atoms with Crippen LogP contribution in [-0.2, 0) is 11.3 Å². The van der Waals surface area contributed by atoms with Crippen molar-refractivity contribution in [3.05, 3.63) is 29.8 Å². The fourth-order valence-electron chi connectivity index (χ4n) is 2.11. The zero-order chi connectivity index (χ0) is 12.8. The fraction of sp³-hybridized carbons (Fsp3) is 0.571. The summed E-state index contributed by atoms with van der Waals surface area (Å²) in [4.78, 5) is 2.38. The Morgan fingerprint density at radius 2 is 2.17 bits per heavy atom. The summed E-state index contributed by atoms with van der Waals surface area (Å²) in [5, 5.41) is 0. The number of rotatable bonds is 5. The summed E-state index contributed by atoms with van der Waals surface area (Å²) < 4.78 is 11.2. The summed E-state index contributed by atoms with van der Waals surface area (Å²) >= 11 is 0. The van der Waals surface area contributed by atoms with E-state index in [-0.39, 0.29) is 0 Å². The van der Waals surface area contributed by atoms with E-state index in [0.717, 1.165) is 37.6 Å². The van der Waals surface area contributed by atoms with Crippen molar-refractivity contribution in [3.8, 4) is 5.75 Å². The standard InChI is InChI=1S/C14H22N2O2/c1-12-11-16(6-8-17-12)7-9-18-14-4-2-13(10-15)3-5-14/h2-5,12H,6-11,15H2,1H3. The normalized spacial score (nSPS) is 20.9. The van der Waals surface area contributed by atoms with Gasteiger partial charge in [0, 0.05) is 26.2 Å². The molecule has 0 radical (unpaired) electrons. The number of benzene rings is 1. The van der Waals surface area contributed by atoms with E-state index >= 15 is 0 Å². The van der Waals surface area contributed by atoms with E-state index in [0.29, 0.717) is 19.3 Å². The first kappa shape index (κ1) is 13.3. The number of hydrogen-bond acceptors (Lipinski definition) is 4. The van der Waals surface area contributed by atoms with E-state index in [9.17, 15) is 0 Å². The summed E-state index contributed by atoms with van der Waals surface area (Å²) in [7, 11) is 0. The van der Waals surface area contributed by atoms with E-state index in [1.807, 2.05) is 24.3 Å². The third kappa shape index (κ3) is 3.98. The highest BCUT2D eigenvalue weighted by molar-refractivity contribution is 5.27. The molecule has 1 aromatic carbocycles. The summed E-state index contributed by atoms with van der Waals surface area (Å²) in [6, 6.07) is 7.96. The number of morpholine rings is 1. The summed E-state index contributed by atoms with van der Waals surface area (Å²) in [5.74, 6) is 0.911. The highest BCUT2D eigenvalue weighted by Crippen LogP contribution is 2.12. The van der Waals surface area contributed by atoms with Crippen molar-refractivity contribution in [1.29, 1.82) is 0 Å². The summed E-state index contributed by atoms with van der Waals surface area (Å²) in [6.07, 6.45) is 0.336. The van der Waals surface area contributed by atoms with Gasteiger partial charge in [-0.1, -0.05) is 12.1 Å². The van der Waals surface area contributed by atoms with E-state index in [2.05, 4.69) is 11.8 Å². The first-order valence-electron chi connectivity index (χ1n) is 6.53. The fourth-order valence-corrected chi connectivity index (χ4v) is 2.11.